The number of aromatic nitrogens is 1. The van der Waals surface area contributed by atoms with Gasteiger partial charge in [0.05, 0.1) is 36.7 Å². The molecule has 3 heterocycles. The maximum Gasteiger partial charge on any atom is 0.276 e. The van der Waals surface area contributed by atoms with Gasteiger partial charge in [-0.1, -0.05) is 19.8 Å². The van der Waals surface area contributed by atoms with E-state index in [4.69, 9.17) is 9.47 Å². The Morgan fingerprint density at radius 2 is 1.94 bits per heavy atom. The molecule has 0 unspecified atom stereocenters. The molecule has 1 saturated carbocycles. The van der Waals surface area contributed by atoms with Crippen LogP contribution in [-0.2, 0) is 11.3 Å². The fourth-order valence-corrected chi connectivity index (χ4v) is 6.24. The van der Waals surface area contributed by atoms with Crippen LogP contribution >= 0.6 is 11.3 Å². The van der Waals surface area contributed by atoms with Crippen LogP contribution in [0.5, 0.6) is 11.5 Å². The van der Waals surface area contributed by atoms with Crippen molar-refractivity contribution in [1.82, 2.24) is 9.88 Å². The first-order chi connectivity index (χ1) is 16.4. The molecule has 2 amide bonds. The summed E-state index contributed by atoms with van der Waals surface area (Å²) in [4.78, 5) is 29.7. The van der Waals surface area contributed by atoms with Crippen LogP contribution in [0.15, 0.2) is 35.7 Å². The third-order valence-corrected chi connectivity index (χ3v) is 8.30. The topological polar surface area (TPSA) is 72.8 Å². The third-order valence-electron chi connectivity index (χ3n) is 7.45. The number of amides is 2. The molecule has 1 N–H and O–H groups in total. The maximum absolute atomic E-state index is 14.1. The molecule has 34 heavy (non-hydrogen) atoms. The molecule has 2 aromatic heterocycles. The fourth-order valence-electron chi connectivity index (χ4n) is 5.42. The molecule has 1 aliphatic heterocycles. The second-order valence-corrected chi connectivity index (χ2v) is 10.5. The third kappa shape index (κ3) is 3.55. The number of hydrogen-bond acceptors (Lipinski definition) is 5. The summed E-state index contributed by atoms with van der Waals surface area (Å²) in [7, 11) is 3.15. The van der Waals surface area contributed by atoms with Gasteiger partial charge in [0.25, 0.3) is 5.91 Å². The lowest BCUT2D eigenvalue weighted by Gasteiger charge is -2.45. The minimum absolute atomic E-state index is 0.106. The molecule has 180 valence electrons. The molecule has 1 aliphatic carbocycles. The van der Waals surface area contributed by atoms with E-state index < -0.39 is 5.54 Å². The fraction of sp³-hybridized carbons (Fsp3) is 0.462. The van der Waals surface area contributed by atoms with E-state index in [0.717, 1.165) is 29.5 Å². The van der Waals surface area contributed by atoms with Crippen LogP contribution in [0.2, 0.25) is 0 Å². The molecule has 0 bridgehead atoms. The summed E-state index contributed by atoms with van der Waals surface area (Å²) >= 11 is 1.59. The van der Waals surface area contributed by atoms with Crippen molar-refractivity contribution in [3.8, 4) is 11.5 Å². The van der Waals surface area contributed by atoms with E-state index in [-0.39, 0.29) is 17.9 Å². The van der Waals surface area contributed by atoms with Crippen LogP contribution in [0.3, 0.4) is 0 Å². The molecule has 0 saturated heterocycles. The van der Waals surface area contributed by atoms with Crippen LogP contribution in [0.25, 0.3) is 10.2 Å². The molecule has 1 fully saturated rings. The van der Waals surface area contributed by atoms with E-state index in [9.17, 15) is 9.59 Å². The minimum atomic E-state index is -1.16. The smallest absolute Gasteiger partial charge is 0.276 e. The van der Waals surface area contributed by atoms with E-state index >= 15 is 0 Å². The van der Waals surface area contributed by atoms with Gasteiger partial charge in [-0.2, -0.15) is 0 Å². The normalized spacial score (nSPS) is 24.7. The van der Waals surface area contributed by atoms with Gasteiger partial charge in [0.2, 0.25) is 5.91 Å². The Morgan fingerprint density at radius 3 is 2.68 bits per heavy atom. The first-order valence-corrected chi connectivity index (χ1v) is 12.7. The first-order valence-electron chi connectivity index (χ1n) is 11.8. The molecule has 0 radical (unpaired) electrons. The number of rotatable bonds is 5. The summed E-state index contributed by atoms with van der Waals surface area (Å²) in [6, 6.07) is 9.37. The van der Waals surface area contributed by atoms with Crippen molar-refractivity contribution < 1.29 is 19.1 Å². The molecule has 8 heteroatoms. The molecular formula is C26H31N3O4S. The Balaban J connectivity index is 1.64. The van der Waals surface area contributed by atoms with Crippen molar-refractivity contribution in [3.05, 3.63) is 41.4 Å². The predicted molar refractivity (Wildman–Crippen MR) is 134 cm³/mol. The van der Waals surface area contributed by atoms with Gasteiger partial charge >= 0.3 is 0 Å². The van der Waals surface area contributed by atoms with Crippen LogP contribution < -0.4 is 19.7 Å². The Morgan fingerprint density at radius 1 is 1.15 bits per heavy atom. The van der Waals surface area contributed by atoms with E-state index in [1.165, 1.54) is 6.42 Å². The van der Waals surface area contributed by atoms with Crippen molar-refractivity contribution in [2.45, 2.75) is 57.7 Å². The summed E-state index contributed by atoms with van der Waals surface area (Å²) in [5, 5.41) is 5.33. The average Bonchev–Trinajstić information content (AvgIpc) is 3.43. The van der Waals surface area contributed by atoms with Crippen LogP contribution in [0, 0.1) is 5.92 Å². The maximum atomic E-state index is 14.1. The van der Waals surface area contributed by atoms with Crippen LogP contribution in [0.1, 0.15) is 50.0 Å². The van der Waals surface area contributed by atoms with E-state index in [2.05, 4.69) is 12.2 Å². The highest BCUT2D eigenvalue weighted by atomic mass is 32.1. The summed E-state index contributed by atoms with van der Waals surface area (Å²) in [5.74, 6) is 1.14. The molecule has 3 aromatic rings. The van der Waals surface area contributed by atoms with Gasteiger partial charge in [-0.3, -0.25) is 14.5 Å². The van der Waals surface area contributed by atoms with Crippen molar-refractivity contribution in [2.75, 3.05) is 19.1 Å². The Bertz CT molecular complexity index is 1250. The number of ether oxygens (including phenoxy) is 2. The summed E-state index contributed by atoms with van der Waals surface area (Å²) < 4.78 is 14.1. The number of benzene rings is 1. The average molecular weight is 482 g/mol. The van der Waals surface area contributed by atoms with Gasteiger partial charge in [0.1, 0.15) is 22.7 Å². The van der Waals surface area contributed by atoms with Gasteiger partial charge in [0, 0.05) is 12.1 Å². The van der Waals surface area contributed by atoms with Crippen LogP contribution in [0.4, 0.5) is 5.69 Å². The number of fused-ring (bicyclic) bond motifs is 3. The predicted octanol–water partition coefficient (Wildman–Crippen LogP) is 4.83. The van der Waals surface area contributed by atoms with Gasteiger partial charge < -0.3 is 19.4 Å². The molecule has 5 rings (SSSR count). The van der Waals surface area contributed by atoms with Crippen molar-refractivity contribution in [3.63, 3.8) is 0 Å². The zero-order chi connectivity index (χ0) is 24.0. The van der Waals surface area contributed by atoms with Crippen molar-refractivity contribution in [2.24, 2.45) is 5.92 Å². The Kier molecular flexibility index (Phi) is 5.80. The zero-order valence-electron chi connectivity index (χ0n) is 20.1. The lowest BCUT2D eigenvalue weighted by molar-refractivity contribution is -0.127. The van der Waals surface area contributed by atoms with E-state index in [0.29, 0.717) is 35.3 Å². The van der Waals surface area contributed by atoms with Crippen molar-refractivity contribution >= 4 is 39.1 Å². The SMILES string of the molecule is COc1ccc(OC)c(N2C(=O)c3cc4sccc4n3C[C@]2(C)C(=O)N[C@@H]2CCCC[C@@H]2C)c1. The standard InChI is InChI=1S/C26H31N3O4S/c1-16-7-5-6-8-18(16)27-25(31)26(2)15-28-19-11-12-34-23(19)14-21(28)24(30)29(26)20-13-17(32-3)9-10-22(20)33-4/h9-14,16,18H,5-8,15H2,1-4H3,(H,27,31)/t16-,18+,26+/m0/s1. The highest BCUT2D eigenvalue weighted by Gasteiger charge is 2.50. The second-order valence-electron chi connectivity index (χ2n) is 9.58. The van der Waals surface area contributed by atoms with E-state index in [1.807, 2.05) is 29.0 Å². The lowest BCUT2D eigenvalue weighted by Crippen LogP contribution is -2.65. The number of nitrogens with zero attached hydrogens (tertiary/aromatic N) is 2. The summed E-state index contributed by atoms with van der Waals surface area (Å²) in [6.45, 7) is 4.40. The minimum Gasteiger partial charge on any atom is -0.497 e. The molecule has 3 atom stereocenters. The molecule has 7 nitrogen and oxygen atoms in total. The van der Waals surface area contributed by atoms with Gasteiger partial charge in [-0.25, -0.2) is 0 Å². The second kappa shape index (κ2) is 8.65. The highest BCUT2D eigenvalue weighted by Crippen LogP contribution is 2.42. The number of carbonyl (C=O) groups excluding carboxylic acids is 2. The van der Waals surface area contributed by atoms with Gasteiger partial charge in [0.15, 0.2) is 0 Å². The van der Waals surface area contributed by atoms with Gasteiger partial charge in [-0.05, 0) is 55.3 Å². The lowest BCUT2D eigenvalue weighted by atomic mass is 9.84. The largest absolute Gasteiger partial charge is 0.497 e. The summed E-state index contributed by atoms with van der Waals surface area (Å²) in [6.07, 6.45) is 4.36. The number of methoxy groups -OCH3 is 2. The number of nitrogens with one attached hydrogen (secondary N) is 1. The Labute approximate surface area is 203 Å². The van der Waals surface area contributed by atoms with Crippen molar-refractivity contribution in [1.29, 1.82) is 0 Å². The number of anilines is 1. The number of hydrogen-bond donors (Lipinski definition) is 1. The number of carbonyl (C=O) groups is 2. The molecule has 2 aliphatic rings. The zero-order valence-corrected chi connectivity index (χ0v) is 20.9. The van der Waals surface area contributed by atoms with Crippen LogP contribution in [-0.4, -0.2) is 42.2 Å². The molecular weight excluding hydrogens is 450 g/mol. The van der Waals surface area contributed by atoms with E-state index in [1.54, 1.807) is 48.7 Å². The quantitative estimate of drug-likeness (QED) is 0.566. The van der Waals surface area contributed by atoms with Gasteiger partial charge in [-0.15, -0.1) is 11.3 Å². The Hall–Kier alpha value is -3.00. The number of thiophene rings is 1. The highest BCUT2D eigenvalue weighted by molar-refractivity contribution is 7.17. The summed E-state index contributed by atoms with van der Waals surface area (Å²) in [5.41, 5.74) is 0.921. The first kappa shape index (κ1) is 22.8. The monoisotopic (exact) mass is 481 g/mol. The molecule has 1 aromatic carbocycles. The molecule has 0 spiro atoms.